The third-order valence-electron chi connectivity index (χ3n) is 2.73. The van der Waals surface area contributed by atoms with Crippen LogP contribution in [0, 0.1) is 0 Å². The van der Waals surface area contributed by atoms with Crippen molar-refractivity contribution in [1.82, 2.24) is 0 Å². The second-order valence-electron chi connectivity index (χ2n) is 4.02. The molecule has 2 rings (SSSR count). The van der Waals surface area contributed by atoms with E-state index in [1.54, 1.807) is 6.08 Å². The van der Waals surface area contributed by atoms with Crippen LogP contribution in [0.3, 0.4) is 0 Å². The zero-order valence-electron chi connectivity index (χ0n) is 8.49. The van der Waals surface area contributed by atoms with Crippen LogP contribution in [0.5, 0.6) is 0 Å². The summed E-state index contributed by atoms with van der Waals surface area (Å²) < 4.78 is 10.6. The van der Waals surface area contributed by atoms with Crippen LogP contribution in [-0.4, -0.2) is 18.2 Å². The third kappa shape index (κ3) is 2.08. The van der Waals surface area contributed by atoms with Gasteiger partial charge in [-0.25, -0.2) is 4.79 Å². The zero-order chi connectivity index (χ0) is 9.97. The lowest BCUT2D eigenvalue weighted by atomic mass is 9.98. The molecule has 14 heavy (non-hydrogen) atoms. The van der Waals surface area contributed by atoms with Crippen molar-refractivity contribution in [3.63, 3.8) is 0 Å². The molecule has 78 valence electrons. The molecule has 1 aliphatic carbocycles. The maximum Gasteiger partial charge on any atom is 0.373 e. The Morgan fingerprint density at radius 2 is 2.07 bits per heavy atom. The Labute approximate surface area is 84.1 Å². The molecule has 0 amide bonds. The molecule has 1 atom stereocenters. The summed E-state index contributed by atoms with van der Waals surface area (Å²) in [5, 5.41) is 0. The van der Waals surface area contributed by atoms with Gasteiger partial charge in [-0.15, -0.1) is 0 Å². The van der Waals surface area contributed by atoms with E-state index in [4.69, 9.17) is 9.47 Å². The minimum Gasteiger partial charge on any atom is -0.483 e. The smallest absolute Gasteiger partial charge is 0.373 e. The molecule has 0 bridgehead atoms. The second-order valence-corrected chi connectivity index (χ2v) is 4.02. The Morgan fingerprint density at radius 3 is 2.64 bits per heavy atom. The fraction of sp³-hybridized carbons (Fsp3) is 0.727. The summed E-state index contributed by atoms with van der Waals surface area (Å²) in [5.74, 6) is 0.118. The molecule has 0 aromatic rings. The first kappa shape index (κ1) is 9.56. The van der Waals surface area contributed by atoms with Gasteiger partial charge in [0.05, 0.1) is 6.10 Å². The first-order valence-electron chi connectivity index (χ1n) is 5.35. The Bertz CT molecular complexity index is 251. The fourth-order valence-corrected chi connectivity index (χ4v) is 1.99. The summed E-state index contributed by atoms with van der Waals surface area (Å²) in [6.07, 6.45) is 7.72. The van der Waals surface area contributed by atoms with E-state index < -0.39 is 0 Å². The summed E-state index contributed by atoms with van der Waals surface area (Å²) in [7, 11) is 0. The van der Waals surface area contributed by atoms with Gasteiger partial charge in [-0.05, 0) is 32.6 Å². The van der Waals surface area contributed by atoms with Crippen LogP contribution < -0.4 is 0 Å². The molecule has 0 N–H and O–H groups in total. The summed E-state index contributed by atoms with van der Waals surface area (Å²) >= 11 is 0. The zero-order valence-corrected chi connectivity index (χ0v) is 8.49. The highest BCUT2D eigenvalue weighted by atomic mass is 16.6. The Hall–Kier alpha value is -0.990. The van der Waals surface area contributed by atoms with Gasteiger partial charge in [0.15, 0.2) is 0 Å². The predicted molar refractivity (Wildman–Crippen MR) is 51.6 cm³/mol. The summed E-state index contributed by atoms with van der Waals surface area (Å²) in [5.41, 5.74) is 0. The van der Waals surface area contributed by atoms with Crippen LogP contribution >= 0.6 is 0 Å². The standard InChI is InChI=1S/C11H16O3/c1-8-7-10(11(12)13-8)14-9-5-3-2-4-6-9/h7-9H,2-6H2,1H3. The van der Waals surface area contributed by atoms with Gasteiger partial charge >= 0.3 is 5.97 Å². The van der Waals surface area contributed by atoms with Crippen LogP contribution in [0.15, 0.2) is 11.8 Å². The van der Waals surface area contributed by atoms with Crippen LogP contribution in [0.4, 0.5) is 0 Å². The summed E-state index contributed by atoms with van der Waals surface area (Å²) in [6.45, 7) is 1.84. The molecule has 1 unspecified atom stereocenters. The average Bonchev–Trinajstić information content (AvgIpc) is 2.47. The molecule has 0 saturated heterocycles. The number of carbonyl (C=O) groups is 1. The Morgan fingerprint density at radius 1 is 1.36 bits per heavy atom. The molecule has 0 aromatic carbocycles. The summed E-state index contributed by atoms with van der Waals surface area (Å²) in [4.78, 5) is 11.2. The van der Waals surface area contributed by atoms with Crippen LogP contribution in [0.2, 0.25) is 0 Å². The van der Waals surface area contributed by atoms with Crippen LogP contribution in [0.25, 0.3) is 0 Å². The van der Waals surface area contributed by atoms with E-state index >= 15 is 0 Å². The van der Waals surface area contributed by atoms with Gasteiger partial charge in [0, 0.05) is 6.08 Å². The van der Waals surface area contributed by atoms with Gasteiger partial charge in [-0.1, -0.05) is 6.42 Å². The monoisotopic (exact) mass is 196 g/mol. The molecular formula is C11H16O3. The molecule has 0 radical (unpaired) electrons. The highest BCUT2D eigenvalue weighted by molar-refractivity contribution is 5.88. The topological polar surface area (TPSA) is 35.5 Å². The van der Waals surface area contributed by atoms with Gasteiger partial charge < -0.3 is 9.47 Å². The van der Waals surface area contributed by atoms with E-state index in [9.17, 15) is 4.79 Å². The highest BCUT2D eigenvalue weighted by Gasteiger charge is 2.27. The molecule has 2 aliphatic rings. The van der Waals surface area contributed by atoms with Gasteiger partial charge in [0.1, 0.15) is 6.10 Å². The normalized spacial score (nSPS) is 28.5. The van der Waals surface area contributed by atoms with Crippen molar-refractivity contribution in [1.29, 1.82) is 0 Å². The average molecular weight is 196 g/mol. The van der Waals surface area contributed by atoms with Gasteiger partial charge in [0.2, 0.25) is 5.76 Å². The Balaban J connectivity index is 1.90. The van der Waals surface area contributed by atoms with Crippen molar-refractivity contribution in [2.45, 2.75) is 51.2 Å². The molecule has 0 spiro atoms. The molecule has 3 nitrogen and oxygen atoms in total. The van der Waals surface area contributed by atoms with Gasteiger partial charge in [-0.2, -0.15) is 0 Å². The van der Waals surface area contributed by atoms with Crippen LogP contribution in [0.1, 0.15) is 39.0 Å². The van der Waals surface area contributed by atoms with E-state index in [1.165, 1.54) is 19.3 Å². The SMILES string of the molecule is CC1C=C(OC2CCCCC2)C(=O)O1. The van der Waals surface area contributed by atoms with Crippen molar-refractivity contribution >= 4 is 5.97 Å². The van der Waals surface area contributed by atoms with E-state index in [0.717, 1.165) is 12.8 Å². The van der Waals surface area contributed by atoms with E-state index in [-0.39, 0.29) is 18.2 Å². The number of hydrogen-bond acceptors (Lipinski definition) is 3. The predicted octanol–water partition coefficient (Wildman–Crippen LogP) is 2.16. The fourth-order valence-electron chi connectivity index (χ4n) is 1.99. The molecule has 1 fully saturated rings. The quantitative estimate of drug-likeness (QED) is 0.635. The Kier molecular flexibility index (Phi) is 2.75. The largest absolute Gasteiger partial charge is 0.483 e. The van der Waals surface area contributed by atoms with Gasteiger partial charge in [-0.3, -0.25) is 0 Å². The number of hydrogen-bond donors (Lipinski definition) is 0. The number of ether oxygens (including phenoxy) is 2. The maximum absolute atomic E-state index is 11.2. The molecule has 0 aromatic heterocycles. The van der Waals surface area contributed by atoms with E-state index in [2.05, 4.69) is 0 Å². The number of rotatable bonds is 2. The molecular weight excluding hydrogens is 180 g/mol. The van der Waals surface area contributed by atoms with Crippen molar-refractivity contribution in [2.24, 2.45) is 0 Å². The van der Waals surface area contributed by atoms with Crippen LogP contribution in [-0.2, 0) is 14.3 Å². The van der Waals surface area contributed by atoms with E-state index in [0.29, 0.717) is 5.76 Å². The van der Waals surface area contributed by atoms with E-state index in [1.807, 2.05) is 6.92 Å². The number of carbonyl (C=O) groups excluding carboxylic acids is 1. The second kappa shape index (κ2) is 4.03. The lowest BCUT2D eigenvalue weighted by molar-refractivity contribution is -0.143. The minimum atomic E-state index is -0.303. The van der Waals surface area contributed by atoms with Crippen molar-refractivity contribution in [3.8, 4) is 0 Å². The first-order chi connectivity index (χ1) is 6.75. The molecule has 1 saturated carbocycles. The van der Waals surface area contributed by atoms with Crippen molar-refractivity contribution in [2.75, 3.05) is 0 Å². The lowest BCUT2D eigenvalue weighted by Crippen LogP contribution is -2.18. The van der Waals surface area contributed by atoms with Crippen molar-refractivity contribution < 1.29 is 14.3 Å². The maximum atomic E-state index is 11.2. The lowest BCUT2D eigenvalue weighted by Gasteiger charge is -2.22. The molecule has 1 aliphatic heterocycles. The van der Waals surface area contributed by atoms with Crippen molar-refractivity contribution in [3.05, 3.63) is 11.8 Å². The summed E-state index contributed by atoms with van der Waals surface area (Å²) in [6, 6.07) is 0. The minimum absolute atomic E-state index is 0.124. The highest BCUT2D eigenvalue weighted by Crippen LogP contribution is 2.25. The number of esters is 1. The third-order valence-corrected chi connectivity index (χ3v) is 2.73. The molecule has 1 heterocycles. The number of cyclic esters (lactones) is 1. The molecule has 3 heteroatoms. The van der Waals surface area contributed by atoms with Gasteiger partial charge in [0.25, 0.3) is 0 Å². The first-order valence-corrected chi connectivity index (χ1v) is 5.35.